The highest BCUT2D eigenvalue weighted by atomic mass is 32.2. The number of carboxylic acids is 1. The van der Waals surface area contributed by atoms with Crippen LogP contribution in [0.1, 0.15) is 10.8 Å². The molecule has 1 aromatic rings. The van der Waals surface area contributed by atoms with E-state index in [1.54, 1.807) is 0 Å². The summed E-state index contributed by atoms with van der Waals surface area (Å²) in [5, 5.41) is 21.7. The van der Waals surface area contributed by atoms with E-state index in [1.807, 2.05) is 0 Å². The van der Waals surface area contributed by atoms with Gasteiger partial charge in [-0.05, 0) is 6.07 Å². The van der Waals surface area contributed by atoms with Crippen molar-refractivity contribution < 1.29 is 19.2 Å². The Morgan fingerprint density at radius 2 is 2.00 bits per heavy atom. The Morgan fingerprint density at radius 1 is 1.43 bits per heavy atom. The largest absolute Gasteiger partial charge is 0.508 e. The molecule has 0 spiro atoms. The van der Waals surface area contributed by atoms with Crippen molar-refractivity contribution in [3.8, 4) is 5.75 Å². The summed E-state index contributed by atoms with van der Waals surface area (Å²) in [4.78, 5) is 10.7. The topological polar surface area (TPSA) is 101 Å². The Balaban J connectivity index is 3.18. The first-order valence-corrected chi connectivity index (χ1v) is 4.97. The molecule has 0 aromatic heterocycles. The lowest BCUT2D eigenvalue weighted by Crippen LogP contribution is -2.22. The second kappa shape index (κ2) is 4.21. The first-order chi connectivity index (χ1) is 6.54. The predicted octanol–water partition coefficient (Wildman–Crippen LogP) is 0.140. The molecule has 76 valence electrons. The summed E-state index contributed by atoms with van der Waals surface area (Å²) in [6, 6.07) is 5.77. The van der Waals surface area contributed by atoms with Crippen molar-refractivity contribution in [1.29, 1.82) is 0 Å². The van der Waals surface area contributed by atoms with Gasteiger partial charge in [-0.15, -0.1) is 0 Å². The van der Waals surface area contributed by atoms with E-state index in [0.29, 0.717) is 0 Å². The molecule has 0 heterocycles. The van der Waals surface area contributed by atoms with Gasteiger partial charge in [-0.2, -0.15) is 0 Å². The number of hydrogen-bond acceptors (Lipinski definition) is 3. The molecule has 1 rings (SSSR count). The lowest BCUT2D eigenvalue weighted by molar-refractivity contribution is -0.136. The number of nitrogens with two attached hydrogens (primary N) is 1. The molecular formula is C8H9NO4S. The number of aliphatic carboxylic acids is 1. The van der Waals surface area contributed by atoms with Crippen molar-refractivity contribution in [2.24, 2.45) is 5.14 Å². The molecule has 0 aliphatic heterocycles. The highest BCUT2D eigenvalue weighted by Crippen LogP contribution is 2.26. The second-order valence-corrected chi connectivity index (χ2v) is 3.73. The lowest BCUT2D eigenvalue weighted by atomic mass is 10.1. The van der Waals surface area contributed by atoms with Gasteiger partial charge in [-0.3, -0.25) is 9.93 Å². The minimum atomic E-state index is -2.05. The Kier molecular flexibility index (Phi) is 3.21. The molecule has 0 bridgehead atoms. The van der Waals surface area contributed by atoms with E-state index in [0.717, 1.165) is 0 Å². The van der Waals surface area contributed by atoms with Crippen LogP contribution in [0.15, 0.2) is 24.3 Å². The zero-order chi connectivity index (χ0) is 10.7. The van der Waals surface area contributed by atoms with Crippen LogP contribution >= 0.6 is 0 Å². The van der Waals surface area contributed by atoms with Crippen LogP contribution in [-0.4, -0.2) is 20.4 Å². The third-order valence-electron chi connectivity index (χ3n) is 1.68. The summed E-state index contributed by atoms with van der Waals surface area (Å²) in [6.07, 6.45) is 0. The molecule has 0 aliphatic rings. The van der Waals surface area contributed by atoms with E-state index in [4.69, 9.17) is 10.2 Å². The van der Waals surface area contributed by atoms with Crippen molar-refractivity contribution in [2.45, 2.75) is 5.25 Å². The number of phenolic OH excluding ortho intramolecular Hbond substituents is 1. The monoisotopic (exact) mass is 215 g/mol. The SMILES string of the molecule is NS(=O)C(C(=O)O)c1ccccc1O. The van der Waals surface area contributed by atoms with E-state index >= 15 is 0 Å². The van der Waals surface area contributed by atoms with Crippen molar-refractivity contribution >= 4 is 17.0 Å². The third-order valence-corrected chi connectivity index (χ3v) is 2.60. The standard InChI is InChI=1S/C8H9NO4S/c9-14(13)7(8(11)12)5-3-1-2-4-6(5)10/h1-4,7,10H,9H2,(H,11,12). The fraction of sp³-hybridized carbons (Fsp3) is 0.125. The quantitative estimate of drug-likeness (QED) is 0.667. The number of carboxylic acid groups (broad SMARTS) is 1. The van der Waals surface area contributed by atoms with Crippen molar-refractivity contribution in [1.82, 2.24) is 0 Å². The molecule has 4 N–H and O–H groups in total. The number of benzene rings is 1. The molecule has 1 aromatic carbocycles. The Labute approximate surface area is 82.8 Å². The number of carbonyl (C=O) groups is 1. The van der Waals surface area contributed by atoms with Crippen LogP contribution < -0.4 is 5.14 Å². The average Bonchev–Trinajstić information content (AvgIpc) is 2.07. The third kappa shape index (κ3) is 2.09. The minimum Gasteiger partial charge on any atom is -0.508 e. The van der Waals surface area contributed by atoms with Gasteiger partial charge in [0.25, 0.3) is 0 Å². The fourth-order valence-corrected chi connectivity index (χ4v) is 1.72. The van der Waals surface area contributed by atoms with Crippen LogP contribution in [0.3, 0.4) is 0 Å². The Bertz CT molecular complexity index is 365. The maximum atomic E-state index is 10.9. The van der Waals surface area contributed by atoms with E-state index in [1.165, 1.54) is 24.3 Å². The van der Waals surface area contributed by atoms with Crippen LogP contribution in [0.2, 0.25) is 0 Å². The van der Waals surface area contributed by atoms with Crippen molar-refractivity contribution in [2.75, 3.05) is 0 Å². The highest BCUT2D eigenvalue weighted by molar-refractivity contribution is 7.83. The van der Waals surface area contributed by atoms with E-state index in [9.17, 15) is 14.1 Å². The lowest BCUT2D eigenvalue weighted by Gasteiger charge is -2.10. The average molecular weight is 215 g/mol. The van der Waals surface area contributed by atoms with E-state index < -0.39 is 22.2 Å². The Hall–Kier alpha value is -1.40. The van der Waals surface area contributed by atoms with E-state index in [-0.39, 0.29) is 11.3 Å². The maximum Gasteiger partial charge on any atom is 0.325 e. The summed E-state index contributed by atoms with van der Waals surface area (Å²) < 4.78 is 10.9. The molecule has 6 heteroatoms. The zero-order valence-corrected chi connectivity index (χ0v) is 7.90. The molecule has 0 radical (unpaired) electrons. The predicted molar refractivity (Wildman–Crippen MR) is 50.8 cm³/mol. The van der Waals surface area contributed by atoms with Crippen LogP contribution in [-0.2, 0) is 15.8 Å². The van der Waals surface area contributed by atoms with Gasteiger partial charge in [0.2, 0.25) is 0 Å². The number of hydrogen-bond donors (Lipinski definition) is 3. The first-order valence-electron chi connectivity index (χ1n) is 3.69. The summed E-state index contributed by atoms with van der Waals surface area (Å²) >= 11 is 0. The molecule has 14 heavy (non-hydrogen) atoms. The molecule has 0 fully saturated rings. The molecule has 0 amide bonds. The zero-order valence-electron chi connectivity index (χ0n) is 7.08. The van der Waals surface area contributed by atoms with Crippen LogP contribution in [0.25, 0.3) is 0 Å². The van der Waals surface area contributed by atoms with Crippen LogP contribution in [0.4, 0.5) is 0 Å². The highest BCUT2D eigenvalue weighted by Gasteiger charge is 2.26. The first kappa shape index (κ1) is 10.7. The number of aromatic hydroxyl groups is 1. The maximum absolute atomic E-state index is 10.9. The van der Waals surface area contributed by atoms with Crippen LogP contribution in [0.5, 0.6) is 5.75 Å². The van der Waals surface area contributed by atoms with Crippen molar-refractivity contribution in [3.05, 3.63) is 29.8 Å². The Morgan fingerprint density at radius 3 is 2.43 bits per heavy atom. The van der Waals surface area contributed by atoms with Crippen molar-refractivity contribution in [3.63, 3.8) is 0 Å². The molecule has 2 atom stereocenters. The smallest absolute Gasteiger partial charge is 0.325 e. The molecule has 5 nitrogen and oxygen atoms in total. The second-order valence-electron chi connectivity index (χ2n) is 2.61. The molecule has 0 saturated carbocycles. The van der Waals surface area contributed by atoms with Gasteiger partial charge < -0.3 is 10.2 Å². The van der Waals surface area contributed by atoms with Gasteiger partial charge >= 0.3 is 5.97 Å². The van der Waals surface area contributed by atoms with Gasteiger partial charge in [0, 0.05) is 5.56 Å². The summed E-state index contributed by atoms with van der Waals surface area (Å²) in [5.41, 5.74) is 0.0563. The van der Waals surface area contributed by atoms with Gasteiger partial charge in [-0.25, -0.2) is 4.21 Å². The number of rotatable bonds is 3. The molecule has 2 unspecified atom stereocenters. The number of para-hydroxylation sites is 1. The normalized spacial score (nSPS) is 14.6. The summed E-state index contributed by atoms with van der Waals surface area (Å²) in [6.45, 7) is 0. The van der Waals surface area contributed by atoms with Gasteiger partial charge in [0.05, 0.1) is 0 Å². The molecule has 0 saturated heterocycles. The summed E-state index contributed by atoms with van der Waals surface area (Å²) in [5.74, 6) is -1.55. The van der Waals surface area contributed by atoms with E-state index in [2.05, 4.69) is 0 Å². The fourth-order valence-electron chi connectivity index (χ4n) is 1.07. The van der Waals surface area contributed by atoms with Gasteiger partial charge in [0.15, 0.2) is 5.25 Å². The van der Waals surface area contributed by atoms with Crippen LogP contribution in [0, 0.1) is 0 Å². The number of phenols is 1. The molecular weight excluding hydrogens is 206 g/mol. The van der Waals surface area contributed by atoms with Gasteiger partial charge in [0.1, 0.15) is 16.7 Å². The van der Waals surface area contributed by atoms with Gasteiger partial charge in [-0.1, -0.05) is 18.2 Å². The molecule has 0 aliphatic carbocycles. The summed E-state index contributed by atoms with van der Waals surface area (Å²) in [7, 11) is -2.05. The minimum absolute atomic E-state index is 0.0563.